The Bertz CT molecular complexity index is 2820. The van der Waals surface area contributed by atoms with Crippen molar-refractivity contribution in [2.24, 2.45) is 17.8 Å². The highest BCUT2D eigenvalue weighted by atomic mass is 19.3. The normalized spacial score (nSPS) is 22.1. The molecular formula is C54H63F2N11O6. The number of piperidine rings is 2. The third-order valence-electron chi connectivity index (χ3n) is 14.9. The zero-order valence-corrected chi connectivity index (χ0v) is 41.4. The number of anilines is 2. The minimum absolute atomic E-state index is 0.0261. The Labute approximate surface area is 423 Å². The number of likely N-dealkylation sites (tertiary alicyclic amines) is 2. The number of carbonyl (C=O) groups excluding carboxylic acids is 2. The average molecular weight is 1000 g/mol. The number of nitrogens with one attached hydrogen (secondary N) is 1. The number of phenolic OH excluding ortho intramolecular Hbond substituents is 1. The maximum Gasteiger partial charge on any atom is 0.271 e. The molecule has 3 saturated heterocycles. The van der Waals surface area contributed by atoms with Gasteiger partial charge in [-0.2, -0.15) is 10.4 Å². The molecule has 4 aliphatic rings. The van der Waals surface area contributed by atoms with Gasteiger partial charge in [0.05, 0.1) is 47.9 Å². The third kappa shape index (κ3) is 11.8. The molecule has 1 saturated carbocycles. The predicted octanol–water partition coefficient (Wildman–Crippen LogP) is 6.72. The van der Waals surface area contributed by atoms with Crippen LogP contribution >= 0.6 is 0 Å². The molecule has 0 bridgehead atoms. The Morgan fingerprint density at radius 1 is 0.959 bits per heavy atom. The Morgan fingerprint density at radius 3 is 2.40 bits per heavy atom. The van der Waals surface area contributed by atoms with Gasteiger partial charge in [-0.3, -0.25) is 14.3 Å². The average Bonchev–Trinajstić information content (AvgIpc) is 4.15. The molecule has 6 heterocycles. The molecule has 17 nitrogen and oxygen atoms in total. The van der Waals surface area contributed by atoms with Crippen LogP contribution in [0.1, 0.15) is 101 Å². The van der Waals surface area contributed by atoms with Crippen molar-refractivity contribution in [3.63, 3.8) is 0 Å². The van der Waals surface area contributed by atoms with Crippen molar-refractivity contribution in [2.75, 3.05) is 49.9 Å². The smallest absolute Gasteiger partial charge is 0.271 e. The van der Waals surface area contributed by atoms with Crippen molar-refractivity contribution >= 4 is 23.5 Å². The summed E-state index contributed by atoms with van der Waals surface area (Å²) in [6, 6.07) is 16.6. The van der Waals surface area contributed by atoms with E-state index >= 15 is 0 Å². The highest BCUT2D eigenvalue weighted by molar-refractivity contribution is 5.91. The largest absolute Gasteiger partial charge is 0.507 e. The van der Waals surface area contributed by atoms with E-state index in [1.165, 1.54) is 23.4 Å². The molecule has 1 aliphatic carbocycles. The number of ether oxygens (including phenoxy) is 1. The number of phenols is 1. The Morgan fingerprint density at radius 2 is 1.70 bits per heavy atom. The van der Waals surface area contributed by atoms with Crippen LogP contribution in [0.2, 0.25) is 0 Å². The summed E-state index contributed by atoms with van der Waals surface area (Å²) in [5.74, 6) is 6.10. The number of nitriles is 1. The molecule has 19 heteroatoms. The fourth-order valence-corrected chi connectivity index (χ4v) is 10.6. The van der Waals surface area contributed by atoms with E-state index in [4.69, 9.17) is 20.3 Å². The van der Waals surface area contributed by atoms with E-state index in [2.05, 4.69) is 53.5 Å². The lowest BCUT2D eigenvalue weighted by Crippen LogP contribution is -2.48. The highest BCUT2D eigenvalue weighted by Gasteiger charge is 2.44. The molecule has 1 unspecified atom stereocenters. The first kappa shape index (κ1) is 51.0. The Hall–Kier alpha value is -6.93. The van der Waals surface area contributed by atoms with Crippen molar-refractivity contribution in [1.82, 2.24) is 40.3 Å². The van der Waals surface area contributed by atoms with E-state index in [1.807, 2.05) is 26.8 Å². The van der Waals surface area contributed by atoms with Gasteiger partial charge < -0.3 is 45.2 Å². The maximum absolute atomic E-state index is 14.3. The summed E-state index contributed by atoms with van der Waals surface area (Å²) >= 11 is 0. The predicted molar refractivity (Wildman–Crippen MR) is 268 cm³/mol. The second kappa shape index (κ2) is 22.5. The Balaban J connectivity index is 0.703. The number of aliphatic hydroxyl groups excluding tert-OH is 1. The standard InChI is InChI=1S/C54H63F2N11O6/c1-32(2)50(54(71)66-31-39(68)24-46(66)53(70)60-33(3)37-11-8-34(27-57)9-12-37)48-26-49(63-73-48)65-20-14-35(15-21-65)29-64-18-16-40(17-19-64)72-41-22-36(23-41)10-13-45(51(55)56)67-30-38(28-59-67)43-25-44(61-62-52(43)58)42-6-4-5-7-47(42)69/h4-9,11-12,25-26,28,30,32-33,35-36,39-41,45-46,50-51,68-69H,14-24,29,31H2,1-3H3,(H2,58,62)(H,60,70)/t33-,36?,39+,41?,45?,46-,50+/m0/s1. The summed E-state index contributed by atoms with van der Waals surface area (Å²) in [4.78, 5) is 34.0. The number of amides is 2. The fraction of sp³-hybridized carbons (Fsp3) is 0.500. The van der Waals surface area contributed by atoms with Crippen LogP contribution in [0.3, 0.4) is 0 Å². The number of nitrogens with two attached hydrogens (primary N) is 1. The van der Waals surface area contributed by atoms with E-state index in [0.29, 0.717) is 58.3 Å². The zero-order chi connectivity index (χ0) is 51.3. The molecule has 0 spiro atoms. The number of aromatic hydroxyl groups is 1. The number of nitrogens with zero attached hydrogens (tertiary/aromatic N) is 9. The first-order valence-corrected chi connectivity index (χ1v) is 25.3. The fourth-order valence-electron chi connectivity index (χ4n) is 10.6. The van der Waals surface area contributed by atoms with E-state index in [-0.39, 0.29) is 66.4 Å². The van der Waals surface area contributed by atoms with Gasteiger partial charge in [0.1, 0.15) is 17.7 Å². The number of carbonyl (C=O) groups is 2. The molecule has 3 aliphatic heterocycles. The topological polar surface area (TPSA) is 225 Å². The van der Waals surface area contributed by atoms with E-state index < -0.39 is 30.5 Å². The van der Waals surface area contributed by atoms with Crippen molar-refractivity contribution in [3.05, 3.63) is 89.9 Å². The lowest BCUT2D eigenvalue weighted by Gasteiger charge is -2.40. The van der Waals surface area contributed by atoms with Gasteiger partial charge in [0, 0.05) is 80.6 Å². The van der Waals surface area contributed by atoms with Crippen LogP contribution in [0.4, 0.5) is 20.4 Å². The minimum Gasteiger partial charge on any atom is -0.507 e. The van der Waals surface area contributed by atoms with Gasteiger partial charge in [-0.25, -0.2) is 8.78 Å². The molecule has 4 fully saturated rings. The van der Waals surface area contributed by atoms with Gasteiger partial charge in [0.25, 0.3) is 6.43 Å². The monoisotopic (exact) mass is 999 g/mol. The van der Waals surface area contributed by atoms with Gasteiger partial charge in [-0.15, -0.1) is 10.2 Å². The molecule has 0 radical (unpaired) electrons. The van der Waals surface area contributed by atoms with Crippen molar-refractivity contribution in [1.29, 1.82) is 5.26 Å². The molecule has 2 amide bonds. The van der Waals surface area contributed by atoms with Gasteiger partial charge in [0.2, 0.25) is 11.8 Å². The van der Waals surface area contributed by atoms with Gasteiger partial charge in [0.15, 0.2) is 23.4 Å². The highest BCUT2D eigenvalue weighted by Crippen LogP contribution is 2.37. The molecule has 5 atom stereocenters. The summed E-state index contributed by atoms with van der Waals surface area (Å²) in [6.45, 7) is 10.3. The number of aliphatic hydroxyl groups is 1. The number of hydrogen-bond acceptors (Lipinski definition) is 14. The zero-order valence-electron chi connectivity index (χ0n) is 41.4. The number of alkyl halides is 2. The Kier molecular flexibility index (Phi) is 15.7. The summed E-state index contributed by atoms with van der Waals surface area (Å²) in [7, 11) is 0. The summed E-state index contributed by atoms with van der Waals surface area (Å²) in [6.07, 6.45) is 4.91. The van der Waals surface area contributed by atoms with Crippen LogP contribution in [-0.2, 0) is 14.3 Å². The van der Waals surface area contributed by atoms with Crippen LogP contribution < -0.4 is 16.0 Å². The van der Waals surface area contributed by atoms with Gasteiger partial charge >= 0.3 is 0 Å². The molecule has 5 N–H and O–H groups in total. The summed E-state index contributed by atoms with van der Waals surface area (Å²) in [5.41, 5.74) is 9.24. The van der Waals surface area contributed by atoms with Crippen LogP contribution in [-0.4, -0.2) is 127 Å². The second-order valence-corrected chi connectivity index (χ2v) is 20.3. The van der Waals surface area contributed by atoms with E-state index in [9.17, 15) is 28.6 Å². The van der Waals surface area contributed by atoms with Crippen LogP contribution in [0.25, 0.3) is 22.4 Å². The molecule has 384 valence electrons. The lowest BCUT2D eigenvalue weighted by molar-refractivity contribution is -0.141. The number of hydrogen-bond donors (Lipinski definition) is 4. The third-order valence-corrected chi connectivity index (χ3v) is 14.9. The van der Waals surface area contributed by atoms with Crippen molar-refractivity contribution < 1.29 is 37.8 Å². The number of rotatable bonds is 15. The van der Waals surface area contributed by atoms with Crippen LogP contribution in [0.15, 0.2) is 77.6 Å². The number of benzene rings is 2. The maximum atomic E-state index is 14.3. The van der Waals surface area contributed by atoms with E-state index in [1.54, 1.807) is 48.5 Å². The SMILES string of the molecule is CC(C)[C@@H](C(=O)N1C[C@H](O)C[C@H]1C(=O)N[C@@H](C)c1ccc(C#N)cc1)c1cc(N2CCC(CN3CCC(OC4CC(C#CC(C(F)F)n5cc(-c6cc(-c7ccccc7O)nnc6N)cn5)C4)CC3)CC2)no1. The first-order chi connectivity index (χ1) is 35.2. The number of para-hydroxylation sites is 1. The quantitative estimate of drug-likeness (QED) is 0.0800. The minimum atomic E-state index is -2.77. The van der Waals surface area contributed by atoms with Gasteiger partial charge in [-0.1, -0.05) is 55.1 Å². The lowest BCUT2D eigenvalue weighted by atomic mass is 9.82. The summed E-state index contributed by atoms with van der Waals surface area (Å²) < 4.78 is 42.2. The van der Waals surface area contributed by atoms with Gasteiger partial charge in [-0.05, 0) is 93.2 Å². The second-order valence-electron chi connectivity index (χ2n) is 20.3. The first-order valence-electron chi connectivity index (χ1n) is 25.3. The van der Waals surface area contributed by atoms with Crippen molar-refractivity contribution in [3.8, 4) is 46.0 Å². The summed E-state index contributed by atoms with van der Waals surface area (Å²) in [5, 5.41) is 49.8. The number of halogens is 2. The number of aromatic nitrogens is 5. The molecule has 73 heavy (non-hydrogen) atoms. The molecular weight excluding hydrogens is 937 g/mol. The van der Waals surface area contributed by atoms with Crippen molar-refractivity contribution in [2.45, 2.75) is 114 Å². The van der Waals surface area contributed by atoms with Crippen LogP contribution in [0, 0.1) is 40.9 Å². The van der Waals surface area contributed by atoms with E-state index in [0.717, 1.165) is 68.7 Å². The molecule has 9 rings (SSSR count). The number of nitrogen functional groups attached to an aromatic ring is 1. The van der Waals surface area contributed by atoms with Crippen LogP contribution in [0.5, 0.6) is 5.75 Å². The molecule has 2 aromatic carbocycles. The molecule has 5 aromatic rings. The molecule has 3 aromatic heterocycles. The number of β-amino-alcohol motifs (C(OH)–C–C–N with tert-alkyl or cyclic N) is 1.